The third-order valence-electron chi connectivity index (χ3n) is 2.55. The predicted octanol–water partition coefficient (Wildman–Crippen LogP) is 1.58. The van der Waals surface area contributed by atoms with E-state index in [2.05, 4.69) is 20.8 Å². The molecule has 6 nitrogen and oxygen atoms in total. The van der Waals surface area contributed by atoms with E-state index in [1.165, 1.54) is 0 Å². The monoisotopic (exact) mass is 270 g/mol. The summed E-state index contributed by atoms with van der Waals surface area (Å²) in [6.07, 6.45) is 3.38. The average molecular weight is 270 g/mol. The number of hydrazine groups is 1. The number of nitrogens with zero attached hydrogens (tertiary/aromatic N) is 2. The summed E-state index contributed by atoms with van der Waals surface area (Å²) in [5, 5.41) is 0. The molecule has 20 heavy (non-hydrogen) atoms. The molecule has 0 fully saturated rings. The van der Waals surface area contributed by atoms with Gasteiger partial charge in [0.15, 0.2) is 5.78 Å². The highest BCUT2D eigenvalue weighted by molar-refractivity contribution is 5.97. The van der Waals surface area contributed by atoms with Crippen LogP contribution in [-0.4, -0.2) is 21.7 Å². The molecule has 0 unspecified atom stereocenters. The van der Waals surface area contributed by atoms with Gasteiger partial charge in [-0.2, -0.15) is 0 Å². The second-order valence-electron chi connectivity index (χ2n) is 4.03. The van der Waals surface area contributed by atoms with E-state index < -0.39 is 0 Å². The molecule has 1 aromatic heterocycles. The van der Waals surface area contributed by atoms with Crippen LogP contribution >= 0.6 is 0 Å². The molecule has 2 aromatic rings. The van der Waals surface area contributed by atoms with Gasteiger partial charge in [-0.25, -0.2) is 9.97 Å². The van der Waals surface area contributed by atoms with E-state index in [-0.39, 0.29) is 24.5 Å². The first-order valence-electron chi connectivity index (χ1n) is 6.16. The maximum Gasteiger partial charge on any atom is 0.241 e. The van der Waals surface area contributed by atoms with E-state index in [0.29, 0.717) is 11.5 Å². The van der Waals surface area contributed by atoms with Gasteiger partial charge >= 0.3 is 0 Å². The number of rotatable bonds is 6. The van der Waals surface area contributed by atoms with Crippen molar-refractivity contribution < 1.29 is 9.59 Å². The van der Waals surface area contributed by atoms with E-state index in [9.17, 15) is 9.59 Å². The number of nitrogens with one attached hydrogen (secondary N) is 2. The zero-order valence-electron chi connectivity index (χ0n) is 10.7. The number of carbonyl (C=O) groups is 2. The fraction of sp³-hybridized carbons (Fsp3) is 0.143. The zero-order chi connectivity index (χ0) is 14.2. The van der Waals surface area contributed by atoms with Crippen molar-refractivity contribution >= 4 is 17.6 Å². The minimum absolute atomic E-state index is 0.0586. The van der Waals surface area contributed by atoms with Gasteiger partial charge < -0.3 is 0 Å². The summed E-state index contributed by atoms with van der Waals surface area (Å²) in [4.78, 5) is 31.1. The minimum atomic E-state index is -0.290. The quantitative estimate of drug-likeness (QED) is 0.615. The van der Waals surface area contributed by atoms with Crippen molar-refractivity contribution in [2.24, 2.45) is 0 Å². The molecule has 0 aliphatic heterocycles. The Labute approximate surface area is 116 Å². The first kappa shape index (κ1) is 13.7. The van der Waals surface area contributed by atoms with E-state index in [4.69, 9.17) is 0 Å². The number of benzene rings is 1. The number of carbonyl (C=O) groups excluding carboxylic acids is 2. The average Bonchev–Trinajstić information content (AvgIpc) is 2.52. The smallest absolute Gasteiger partial charge is 0.241 e. The number of hydrogen-bond acceptors (Lipinski definition) is 5. The molecule has 0 aliphatic rings. The highest BCUT2D eigenvalue weighted by Gasteiger charge is 2.08. The van der Waals surface area contributed by atoms with Gasteiger partial charge in [0, 0.05) is 30.8 Å². The van der Waals surface area contributed by atoms with Crippen LogP contribution in [0, 0.1) is 0 Å². The summed E-state index contributed by atoms with van der Waals surface area (Å²) >= 11 is 0. The van der Waals surface area contributed by atoms with Crippen molar-refractivity contribution in [3.63, 3.8) is 0 Å². The van der Waals surface area contributed by atoms with Crippen LogP contribution in [0.4, 0.5) is 5.95 Å². The lowest BCUT2D eigenvalue weighted by Gasteiger charge is -2.06. The molecule has 2 rings (SSSR count). The molecule has 0 aliphatic carbocycles. The van der Waals surface area contributed by atoms with Gasteiger partial charge in [0.2, 0.25) is 11.9 Å². The van der Waals surface area contributed by atoms with Gasteiger partial charge in [0.1, 0.15) is 0 Å². The van der Waals surface area contributed by atoms with E-state index in [1.807, 2.05) is 6.07 Å². The Bertz CT molecular complexity index is 572. The van der Waals surface area contributed by atoms with E-state index in [0.717, 1.165) is 0 Å². The third-order valence-corrected chi connectivity index (χ3v) is 2.55. The Kier molecular flexibility index (Phi) is 4.77. The summed E-state index contributed by atoms with van der Waals surface area (Å²) in [5.41, 5.74) is 5.63. The van der Waals surface area contributed by atoms with Crippen molar-refractivity contribution in [3.8, 4) is 0 Å². The Morgan fingerprint density at radius 3 is 2.35 bits per heavy atom. The van der Waals surface area contributed by atoms with Crippen LogP contribution in [0.2, 0.25) is 0 Å². The largest absolute Gasteiger partial charge is 0.294 e. The lowest BCUT2D eigenvalue weighted by Crippen LogP contribution is -2.30. The first-order valence-corrected chi connectivity index (χ1v) is 6.16. The van der Waals surface area contributed by atoms with Crippen molar-refractivity contribution in [2.75, 3.05) is 5.43 Å². The van der Waals surface area contributed by atoms with Crippen LogP contribution in [0.1, 0.15) is 23.2 Å². The number of hydrogen-bond donors (Lipinski definition) is 2. The maximum atomic E-state index is 11.8. The molecule has 0 radical (unpaired) electrons. The summed E-state index contributed by atoms with van der Waals surface area (Å²) < 4.78 is 0. The fourth-order valence-corrected chi connectivity index (χ4v) is 1.55. The maximum absolute atomic E-state index is 11.8. The molecule has 1 heterocycles. The summed E-state index contributed by atoms with van der Waals surface area (Å²) in [5.74, 6) is -0.0475. The number of ketones is 1. The van der Waals surface area contributed by atoms with Gasteiger partial charge in [-0.1, -0.05) is 30.3 Å². The second-order valence-corrected chi connectivity index (χ2v) is 4.03. The molecule has 0 saturated heterocycles. The lowest BCUT2D eigenvalue weighted by molar-refractivity contribution is -0.120. The Hall–Kier alpha value is -2.76. The molecule has 1 aromatic carbocycles. The highest BCUT2D eigenvalue weighted by atomic mass is 16.2. The normalized spacial score (nSPS) is 9.80. The van der Waals surface area contributed by atoms with Crippen molar-refractivity contribution in [1.29, 1.82) is 0 Å². The number of anilines is 1. The highest BCUT2D eigenvalue weighted by Crippen LogP contribution is 2.04. The van der Waals surface area contributed by atoms with Crippen LogP contribution in [0.15, 0.2) is 48.8 Å². The number of Topliss-reactive ketones (excluding diaryl/α,β-unsaturated/α-hetero) is 1. The van der Waals surface area contributed by atoms with Gasteiger partial charge in [-0.05, 0) is 6.07 Å². The Morgan fingerprint density at radius 2 is 1.65 bits per heavy atom. The summed E-state index contributed by atoms with van der Waals surface area (Å²) in [6, 6.07) is 10.6. The minimum Gasteiger partial charge on any atom is -0.294 e. The molecule has 1 amide bonds. The van der Waals surface area contributed by atoms with Crippen molar-refractivity contribution in [2.45, 2.75) is 12.8 Å². The summed E-state index contributed by atoms with van der Waals surface area (Å²) in [6.45, 7) is 0. The first-order chi connectivity index (χ1) is 9.75. The molecule has 102 valence electrons. The molecule has 2 N–H and O–H groups in total. The Balaban J connectivity index is 1.74. The fourth-order valence-electron chi connectivity index (χ4n) is 1.55. The van der Waals surface area contributed by atoms with Crippen molar-refractivity contribution in [1.82, 2.24) is 15.4 Å². The Morgan fingerprint density at radius 1 is 0.950 bits per heavy atom. The predicted molar refractivity (Wildman–Crippen MR) is 73.8 cm³/mol. The molecule has 0 spiro atoms. The van der Waals surface area contributed by atoms with Crippen LogP contribution in [0.5, 0.6) is 0 Å². The van der Waals surface area contributed by atoms with Crippen LogP contribution in [-0.2, 0) is 4.79 Å². The van der Waals surface area contributed by atoms with Gasteiger partial charge in [-0.15, -0.1) is 0 Å². The van der Waals surface area contributed by atoms with Crippen LogP contribution in [0.3, 0.4) is 0 Å². The van der Waals surface area contributed by atoms with Crippen molar-refractivity contribution in [3.05, 3.63) is 54.4 Å². The molecule has 0 bridgehead atoms. The number of aromatic nitrogens is 2. The lowest BCUT2D eigenvalue weighted by atomic mass is 10.1. The van der Waals surface area contributed by atoms with Gasteiger partial charge in [-0.3, -0.25) is 20.4 Å². The third kappa shape index (κ3) is 4.16. The SMILES string of the molecule is O=C(CCC(=O)c1ccccc1)NNc1ncccn1. The standard InChI is InChI=1S/C14H14N4O2/c19-12(11-5-2-1-3-6-11)7-8-13(20)17-18-14-15-9-4-10-16-14/h1-6,9-10H,7-8H2,(H,17,20)(H,15,16,18). The molecular formula is C14H14N4O2. The van der Waals surface area contributed by atoms with Crippen LogP contribution in [0.25, 0.3) is 0 Å². The molecular weight excluding hydrogens is 256 g/mol. The van der Waals surface area contributed by atoms with E-state index in [1.54, 1.807) is 42.7 Å². The summed E-state index contributed by atoms with van der Waals surface area (Å²) in [7, 11) is 0. The van der Waals surface area contributed by atoms with Gasteiger partial charge in [0.25, 0.3) is 0 Å². The molecule has 0 atom stereocenters. The van der Waals surface area contributed by atoms with Crippen LogP contribution < -0.4 is 10.9 Å². The second kappa shape index (κ2) is 6.98. The van der Waals surface area contributed by atoms with E-state index >= 15 is 0 Å². The van der Waals surface area contributed by atoms with Gasteiger partial charge in [0.05, 0.1) is 0 Å². The topological polar surface area (TPSA) is 84.0 Å². The zero-order valence-corrected chi connectivity index (χ0v) is 10.7. The number of amides is 1. The molecule has 0 saturated carbocycles. The molecule has 6 heteroatoms.